The lowest BCUT2D eigenvalue weighted by Gasteiger charge is -2.34. The minimum atomic E-state index is -3.88. The van der Waals surface area contributed by atoms with Gasteiger partial charge in [0.1, 0.15) is 5.82 Å². The Labute approximate surface area is 164 Å². The number of carbonyl (C=O) groups is 1. The number of sulfonamides is 1. The number of nitrogens with one attached hydrogen (secondary N) is 2. The molecule has 1 aliphatic rings. The zero-order chi connectivity index (χ0) is 18.7. The second-order valence-corrected chi connectivity index (χ2v) is 7.87. The lowest BCUT2D eigenvalue weighted by atomic mass is 10.1. The highest BCUT2D eigenvalue weighted by molar-refractivity contribution is 7.92. The molecule has 6 nitrogen and oxygen atoms in total. The summed E-state index contributed by atoms with van der Waals surface area (Å²) in [5.74, 6) is -0.650. The number of rotatable bonds is 4. The molecule has 146 valence electrons. The molecule has 2 N–H and O–H groups in total. The first kappa shape index (κ1) is 21.1. The number of hydrogen-bond acceptors (Lipinski definition) is 4. The molecular weight excluding hydrogens is 393 g/mol. The molecule has 0 spiro atoms. The number of amides is 1. The van der Waals surface area contributed by atoms with Gasteiger partial charge >= 0.3 is 0 Å². The van der Waals surface area contributed by atoms with Crippen LogP contribution in [0.15, 0.2) is 53.4 Å². The molecule has 1 saturated heterocycles. The molecule has 9 heteroatoms. The van der Waals surface area contributed by atoms with Gasteiger partial charge in [-0.05, 0) is 49.4 Å². The molecule has 3 rings (SSSR count). The normalized spacial score (nSPS) is 17.1. The van der Waals surface area contributed by atoms with Gasteiger partial charge in [-0.2, -0.15) is 0 Å². The van der Waals surface area contributed by atoms with Crippen LogP contribution in [0.2, 0.25) is 0 Å². The molecule has 27 heavy (non-hydrogen) atoms. The molecule has 1 aliphatic heterocycles. The van der Waals surface area contributed by atoms with E-state index in [0.717, 1.165) is 0 Å². The van der Waals surface area contributed by atoms with Crippen LogP contribution in [-0.2, 0) is 10.0 Å². The molecule has 2 aromatic rings. The predicted molar refractivity (Wildman–Crippen MR) is 104 cm³/mol. The first-order valence-electron chi connectivity index (χ1n) is 8.27. The van der Waals surface area contributed by atoms with Crippen LogP contribution in [0.3, 0.4) is 0 Å². The molecule has 1 heterocycles. The second-order valence-electron chi connectivity index (χ2n) is 6.19. The smallest absolute Gasteiger partial charge is 0.261 e. The van der Waals surface area contributed by atoms with E-state index in [1.165, 1.54) is 36.4 Å². The van der Waals surface area contributed by atoms with Gasteiger partial charge in [-0.3, -0.25) is 9.52 Å². The van der Waals surface area contributed by atoms with Crippen molar-refractivity contribution >= 4 is 34.0 Å². The number of benzene rings is 2. The fraction of sp³-hybridized carbons (Fsp3) is 0.278. The molecule has 0 radical (unpaired) electrons. The van der Waals surface area contributed by atoms with E-state index in [1.807, 2.05) is 6.92 Å². The topological polar surface area (TPSA) is 78.5 Å². The summed E-state index contributed by atoms with van der Waals surface area (Å²) < 4.78 is 40.5. The fourth-order valence-electron chi connectivity index (χ4n) is 2.84. The van der Waals surface area contributed by atoms with Crippen LogP contribution in [0.25, 0.3) is 0 Å². The molecule has 0 aromatic heterocycles. The molecule has 1 unspecified atom stereocenters. The van der Waals surface area contributed by atoms with E-state index < -0.39 is 15.8 Å². The van der Waals surface area contributed by atoms with Gasteiger partial charge in [-0.15, -0.1) is 12.4 Å². The first-order chi connectivity index (χ1) is 12.4. The van der Waals surface area contributed by atoms with Crippen molar-refractivity contribution in [2.24, 2.45) is 0 Å². The highest BCUT2D eigenvalue weighted by Gasteiger charge is 2.25. The van der Waals surface area contributed by atoms with E-state index in [0.29, 0.717) is 25.2 Å². The average Bonchev–Trinajstić information content (AvgIpc) is 2.63. The fourth-order valence-corrected chi connectivity index (χ4v) is 3.94. The SMILES string of the molecule is CC1CNCCN1C(=O)c1cccc(S(=O)(=O)Nc2ccc(F)cc2)c1.Cl. The summed E-state index contributed by atoms with van der Waals surface area (Å²) >= 11 is 0. The van der Waals surface area contributed by atoms with Gasteiger partial charge in [-0.1, -0.05) is 6.07 Å². The summed E-state index contributed by atoms with van der Waals surface area (Å²) in [5.41, 5.74) is 0.569. The minimum absolute atomic E-state index is 0. The summed E-state index contributed by atoms with van der Waals surface area (Å²) in [6.45, 7) is 3.93. The Hall–Kier alpha value is -2.16. The average molecular weight is 414 g/mol. The summed E-state index contributed by atoms with van der Waals surface area (Å²) in [4.78, 5) is 14.4. The molecule has 0 aliphatic carbocycles. The van der Waals surface area contributed by atoms with Crippen molar-refractivity contribution in [1.29, 1.82) is 0 Å². The highest BCUT2D eigenvalue weighted by Crippen LogP contribution is 2.19. The summed E-state index contributed by atoms with van der Waals surface area (Å²) in [6.07, 6.45) is 0. The number of hydrogen-bond donors (Lipinski definition) is 2. The Morgan fingerprint density at radius 2 is 1.93 bits per heavy atom. The zero-order valence-corrected chi connectivity index (χ0v) is 16.3. The van der Waals surface area contributed by atoms with Crippen molar-refractivity contribution in [3.63, 3.8) is 0 Å². The summed E-state index contributed by atoms with van der Waals surface area (Å²) in [7, 11) is -3.88. The quantitative estimate of drug-likeness (QED) is 0.807. The highest BCUT2D eigenvalue weighted by atomic mass is 35.5. The molecule has 1 fully saturated rings. The van der Waals surface area contributed by atoms with Crippen LogP contribution >= 0.6 is 12.4 Å². The van der Waals surface area contributed by atoms with E-state index in [2.05, 4.69) is 10.0 Å². The van der Waals surface area contributed by atoms with Crippen LogP contribution in [0.4, 0.5) is 10.1 Å². The van der Waals surface area contributed by atoms with E-state index in [1.54, 1.807) is 17.0 Å². The standard InChI is InChI=1S/C18H20FN3O3S.ClH/c1-13-12-20-9-10-22(13)18(23)14-3-2-4-17(11-14)26(24,25)21-16-7-5-15(19)6-8-16;/h2-8,11,13,20-21H,9-10,12H2,1H3;1H. The van der Waals surface area contributed by atoms with Gasteiger partial charge in [0, 0.05) is 36.9 Å². The van der Waals surface area contributed by atoms with Crippen molar-refractivity contribution < 1.29 is 17.6 Å². The maximum Gasteiger partial charge on any atom is 0.261 e. The van der Waals surface area contributed by atoms with E-state index in [4.69, 9.17) is 0 Å². The van der Waals surface area contributed by atoms with Crippen molar-refractivity contribution in [3.8, 4) is 0 Å². The number of nitrogens with zero attached hydrogens (tertiary/aromatic N) is 1. The number of carbonyl (C=O) groups excluding carboxylic acids is 1. The zero-order valence-electron chi connectivity index (χ0n) is 14.7. The van der Waals surface area contributed by atoms with Gasteiger partial charge < -0.3 is 10.2 Å². The number of anilines is 1. The summed E-state index contributed by atoms with van der Waals surface area (Å²) in [5, 5.41) is 3.21. The molecular formula is C18H21ClFN3O3S. The van der Waals surface area contributed by atoms with E-state index in [-0.39, 0.29) is 34.9 Å². The second kappa shape index (κ2) is 8.69. The van der Waals surface area contributed by atoms with Crippen LogP contribution in [0.5, 0.6) is 0 Å². The van der Waals surface area contributed by atoms with Crippen molar-refractivity contribution in [2.75, 3.05) is 24.4 Å². The van der Waals surface area contributed by atoms with Gasteiger partial charge in [0.05, 0.1) is 4.90 Å². The van der Waals surface area contributed by atoms with Crippen molar-refractivity contribution in [2.45, 2.75) is 17.9 Å². The van der Waals surface area contributed by atoms with Gasteiger partial charge in [0.25, 0.3) is 15.9 Å². The van der Waals surface area contributed by atoms with Crippen LogP contribution in [0, 0.1) is 5.82 Å². The molecule has 1 amide bonds. The lowest BCUT2D eigenvalue weighted by molar-refractivity contribution is 0.0655. The lowest BCUT2D eigenvalue weighted by Crippen LogP contribution is -2.52. The van der Waals surface area contributed by atoms with Crippen LogP contribution in [0.1, 0.15) is 17.3 Å². The Balaban J connectivity index is 0.00000261. The first-order valence-corrected chi connectivity index (χ1v) is 9.75. The van der Waals surface area contributed by atoms with E-state index in [9.17, 15) is 17.6 Å². The molecule has 2 aromatic carbocycles. The Morgan fingerprint density at radius 1 is 1.22 bits per heavy atom. The molecule has 0 bridgehead atoms. The largest absolute Gasteiger partial charge is 0.333 e. The molecule has 1 atom stereocenters. The number of halogens is 2. The van der Waals surface area contributed by atoms with Crippen LogP contribution in [-0.4, -0.2) is 44.9 Å². The van der Waals surface area contributed by atoms with Gasteiger partial charge in [0.2, 0.25) is 0 Å². The maximum atomic E-state index is 13.0. The van der Waals surface area contributed by atoms with E-state index >= 15 is 0 Å². The Morgan fingerprint density at radius 3 is 2.59 bits per heavy atom. The number of piperazine rings is 1. The van der Waals surface area contributed by atoms with Gasteiger partial charge in [0.15, 0.2) is 0 Å². The predicted octanol–water partition coefficient (Wildman–Crippen LogP) is 2.48. The monoisotopic (exact) mass is 413 g/mol. The van der Waals surface area contributed by atoms with Crippen LogP contribution < -0.4 is 10.0 Å². The summed E-state index contributed by atoms with van der Waals surface area (Å²) in [6, 6.07) is 11.0. The third-order valence-electron chi connectivity index (χ3n) is 4.25. The van der Waals surface area contributed by atoms with Crippen molar-refractivity contribution in [3.05, 3.63) is 59.9 Å². The third kappa shape index (κ3) is 4.97. The Bertz CT molecular complexity index is 906. The Kier molecular flexibility index (Phi) is 6.80. The molecule has 0 saturated carbocycles. The third-order valence-corrected chi connectivity index (χ3v) is 5.63. The maximum absolute atomic E-state index is 13.0. The van der Waals surface area contributed by atoms with Crippen molar-refractivity contribution in [1.82, 2.24) is 10.2 Å². The van der Waals surface area contributed by atoms with Gasteiger partial charge in [-0.25, -0.2) is 12.8 Å². The minimum Gasteiger partial charge on any atom is -0.333 e.